The molecule has 0 aliphatic carbocycles. The van der Waals surface area contributed by atoms with Gasteiger partial charge in [-0.15, -0.1) is 10.2 Å². The third-order valence-corrected chi connectivity index (χ3v) is 4.73. The van der Waals surface area contributed by atoms with Crippen molar-refractivity contribution < 1.29 is 9.32 Å². The van der Waals surface area contributed by atoms with Gasteiger partial charge in [-0.1, -0.05) is 65.5 Å². The van der Waals surface area contributed by atoms with E-state index < -0.39 is 0 Å². The van der Waals surface area contributed by atoms with Crippen LogP contribution >= 0.6 is 23.1 Å². The van der Waals surface area contributed by atoms with Gasteiger partial charge in [0.1, 0.15) is 0 Å². The summed E-state index contributed by atoms with van der Waals surface area (Å²) in [5.41, 5.74) is 1.51. The lowest BCUT2D eigenvalue weighted by atomic mass is 10.1. The summed E-state index contributed by atoms with van der Waals surface area (Å²) in [6.07, 6.45) is 0.131. The predicted octanol–water partition coefficient (Wildman–Crippen LogP) is 3.49. The molecule has 2 aromatic heterocycles. The van der Waals surface area contributed by atoms with Gasteiger partial charge < -0.3 is 9.84 Å². The zero-order valence-corrected chi connectivity index (χ0v) is 14.0. The van der Waals surface area contributed by atoms with Crippen LogP contribution in [0, 0.1) is 0 Å². The Morgan fingerprint density at radius 2 is 2.13 bits per heavy atom. The summed E-state index contributed by atoms with van der Waals surface area (Å²) in [7, 11) is 0. The summed E-state index contributed by atoms with van der Waals surface area (Å²) >= 11 is 2.96. The van der Waals surface area contributed by atoms with E-state index in [0.29, 0.717) is 16.6 Å². The maximum atomic E-state index is 12.0. The highest BCUT2D eigenvalue weighted by molar-refractivity contribution is 8.01. The average Bonchev–Trinajstić information content (AvgIpc) is 3.18. The summed E-state index contributed by atoms with van der Waals surface area (Å²) in [5.74, 6) is 1.37. The van der Waals surface area contributed by atoms with Crippen LogP contribution < -0.4 is 5.32 Å². The SMILES string of the molecule is CCSc1nnc(NC(=O)Cc2cc(-c3ccccc3)on2)s1. The summed E-state index contributed by atoms with van der Waals surface area (Å²) in [6.45, 7) is 2.04. The highest BCUT2D eigenvalue weighted by atomic mass is 32.2. The normalized spacial score (nSPS) is 10.7. The number of hydrogen-bond acceptors (Lipinski definition) is 7. The Kier molecular flexibility index (Phi) is 5.04. The first-order valence-electron chi connectivity index (χ1n) is 7.01. The van der Waals surface area contributed by atoms with E-state index in [1.807, 2.05) is 37.3 Å². The van der Waals surface area contributed by atoms with Gasteiger partial charge in [-0.2, -0.15) is 0 Å². The Bertz CT molecular complexity index is 786. The summed E-state index contributed by atoms with van der Waals surface area (Å²) < 4.78 is 6.12. The number of carbonyl (C=O) groups is 1. The van der Waals surface area contributed by atoms with E-state index in [0.717, 1.165) is 15.7 Å². The zero-order chi connectivity index (χ0) is 16.1. The second kappa shape index (κ2) is 7.38. The molecule has 1 N–H and O–H groups in total. The van der Waals surface area contributed by atoms with Gasteiger partial charge in [-0.25, -0.2) is 0 Å². The van der Waals surface area contributed by atoms with Gasteiger partial charge in [0, 0.05) is 11.6 Å². The van der Waals surface area contributed by atoms with Crippen LogP contribution in [-0.2, 0) is 11.2 Å². The van der Waals surface area contributed by atoms with E-state index in [4.69, 9.17) is 4.52 Å². The van der Waals surface area contributed by atoms with Crippen molar-refractivity contribution >= 4 is 34.1 Å². The zero-order valence-electron chi connectivity index (χ0n) is 12.4. The number of carbonyl (C=O) groups excluding carboxylic acids is 1. The van der Waals surface area contributed by atoms with Crippen LogP contribution in [0.4, 0.5) is 5.13 Å². The van der Waals surface area contributed by atoms with E-state index in [2.05, 4.69) is 20.7 Å². The molecule has 0 aliphatic rings. The molecule has 0 atom stereocenters. The number of amides is 1. The van der Waals surface area contributed by atoms with Crippen molar-refractivity contribution in [1.82, 2.24) is 15.4 Å². The minimum atomic E-state index is -0.192. The molecule has 0 aliphatic heterocycles. The highest BCUT2D eigenvalue weighted by Gasteiger charge is 2.12. The Balaban J connectivity index is 1.60. The first kappa shape index (κ1) is 15.7. The smallest absolute Gasteiger partial charge is 0.232 e. The summed E-state index contributed by atoms with van der Waals surface area (Å²) in [6, 6.07) is 11.4. The molecule has 0 fully saturated rings. The minimum absolute atomic E-state index is 0.131. The third kappa shape index (κ3) is 4.17. The molecule has 23 heavy (non-hydrogen) atoms. The van der Waals surface area contributed by atoms with Gasteiger partial charge in [-0.05, 0) is 5.75 Å². The fourth-order valence-electron chi connectivity index (χ4n) is 1.90. The van der Waals surface area contributed by atoms with Crippen molar-refractivity contribution in [1.29, 1.82) is 0 Å². The quantitative estimate of drug-likeness (QED) is 0.543. The molecular formula is C15H14N4O2S2. The Hall–Kier alpha value is -2.19. The molecule has 0 unspecified atom stereocenters. The van der Waals surface area contributed by atoms with E-state index in [1.54, 1.807) is 17.8 Å². The third-order valence-electron chi connectivity index (χ3n) is 2.88. The minimum Gasteiger partial charge on any atom is -0.356 e. The first-order valence-corrected chi connectivity index (χ1v) is 8.82. The number of hydrogen-bond donors (Lipinski definition) is 1. The fourth-order valence-corrected chi connectivity index (χ4v) is 3.57. The molecule has 3 rings (SSSR count). The topological polar surface area (TPSA) is 80.9 Å². The molecule has 3 aromatic rings. The fraction of sp³-hybridized carbons (Fsp3) is 0.200. The van der Waals surface area contributed by atoms with Crippen LogP contribution in [-0.4, -0.2) is 27.0 Å². The molecule has 1 amide bonds. The molecule has 8 heteroatoms. The van der Waals surface area contributed by atoms with E-state index in [1.165, 1.54) is 11.3 Å². The molecule has 118 valence electrons. The molecule has 0 spiro atoms. The van der Waals surface area contributed by atoms with Gasteiger partial charge >= 0.3 is 0 Å². The number of anilines is 1. The van der Waals surface area contributed by atoms with Crippen molar-refractivity contribution in [2.75, 3.05) is 11.1 Å². The van der Waals surface area contributed by atoms with Gasteiger partial charge in [0.25, 0.3) is 0 Å². The number of benzene rings is 1. The summed E-state index contributed by atoms with van der Waals surface area (Å²) in [5, 5.41) is 15.1. The van der Waals surface area contributed by atoms with E-state index in [-0.39, 0.29) is 12.3 Å². The lowest BCUT2D eigenvalue weighted by molar-refractivity contribution is -0.115. The Morgan fingerprint density at radius 3 is 2.91 bits per heavy atom. The van der Waals surface area contributed by atoms with Crippen LogP contribution in [0.2, 0.25) is 0 Å². The molecule has 0 saturated carbocycles. The highest BCUT2D eigenvalue weighted by Crippen LogP contribution is 2.25. The number of rotatable bonds is 6. The van der Waals surface area contributed by atoms with Crippen molar-refractivity contribution in [3.63, 3.8) is 0 Å². The Labute approximate surface area is 141 Å². The molecule has 0 saturated heterocycles. The number of aromatic nitrogens is 3. The van der Waals surface area contributed by atoms with Gasteiger partial charge in [-0.3, -0.25) is 4.79 Å². The second-order valence-electron chi connectivity index (χ2n) is 4.58. The average molecular weight is 346 g/mol. The van der Waals surface area contributed by atoms with Crippen molar-refractivity contribution in [2.24, 2.45) is 0 Å². The van der Waals surface area contributed by atoms with Crippen LogP contribution in [0.3, 0.4) is 0 Å². The van der Waals surface area contributed by atoms with Crippen LogP contribution in [0.15, 0.2) is 45.3 Å². The van der Waals surface area contributed by atoms with Crippen molar-refractivity contribution in [3.05, 3.63) is 42.1 Å². The maximum Gasteiger partial charge on any atom is 0.232 e. The molecule has 0 bridgehead atoms. The summed E-state index contributed by atoms with van der Waals surface area (Å²) in [4.78, 5) is 12.0. The van der Waals surface area contributed by atoms with Crippen LogP contribution in [0.25, 0.3) is 11.3 Å². The monoisotopic (exact) mass is 346 g/mol. The maximum absolute atomic E-state index is 12.0. The lowest BCUT2D eigenvalue weighted by Crippen LogP contribution is -2.14. The van der Waals surface area contributed by atoms with Crippen molar-refractivity contribution in [2.45, 2.75) is 17.7 Å². The Morgan fingerprint density at radius 1 is 1.30 bits per heavy atom. The van der Waals surface area contributed by atoms with E-state index in [9.17, 15) is 4.79 Å². The standard InChI is InChI=1S/C15H14N4O2S2/c1-2-22-15-18-17-14(23-15)16-13(20)9-11-8-12(21-19-11)10-6-4-3-5-7-10/h3-8H,2,9H2,1H3,(H,16,17,20). The molecule has 6 nitrogen and oxygen atoms in total. The predicted molar refractivity (Wildman–Crippen MR) is 90.6 cm³/mol. The van der Waals surface area contributed by atoms with Crippen LogP contribution in [0.5, 0.6) is 0 Å². The molecular weight excluding hydrogens is 332 g/mol. The molecule has 1 aromatic carbocycles. The number of nitrogens with zero attached hydrogens (tertiary/aromatic N) is 3. The van der Waals surface area contributed by atoms with Crippen LogP contribution in [0.1, 0.15) is 12.6 Å². The van der Waals surface area contributed by atoms with Crippen molar-refractivity contribution in [3.8, 4) is 11.3 Å². The molecule has 2 heterocycles. The second-order valence-corrected chi connectivity index (χ2v) is 7.07. The first-order chi connectivity index (χ1) is 11.2. The largest absolute Gasteiger partial charge is 0.356 e. The van der Waals surface area contributed by atoms with Gasteiger partial charge in [0.05, 0.1) is 12.1 Å². The number of thioether (sulfide) groups is 1. The van der Waals surface area contributed by atoms with E-state index >= 15 is 0 Å². The van der Waals surface area contributed by atoms with Gasteiger partial charge in [0.2, 0.25) is 11.0 Å². The van der Waals surface area contributed by atoms with Gasteiger partial charge in [0.15, 0.2) is 10.1 Å². The number of nitrogens with one attached hydrogen (secondary N) is 1. The lowest BCUT2D eigenvalue weighted by Gasteiger charge is -1.97. The molecule has 0 radical (unpaired) electrons.